The first-order valence-electron chi connectivity index (χ1n) is 8.76. The first kappa shape index (κ1) is 16.8. The second-order valence-corrected chi connectivity index (χ2v) is 6.33. The van der Waals surface area contributed by atoms with Crippen molar-refractivity contribution in [1.29, 1.82) is 0 Å². The SMILES string of the molecule is CC1CCCCCCCC1NNc1ccccccccc1. The molecular formula is C20H30N2. The van der Waals surface area contributed by atoms with Gasteiger partial charge in [-0.1, -0.05) is 81.5 Å². The van der Waals surface area contributed by atoms with Gasteiger partial charge in [-0.05, 0) is 30.9 Å². The first-order valence-corrected chi connectivity index (χ1v) is 8.76. The summed E-state index contributed by atoms with van der Waals surface area (Å²) in [7, 11) is 0. The zero-order valence-electron chi connectivity index (χ0n) is 13.8. The van der Waals surface area contributed by atoms with Crippen LogP contribution in [0, 0.1) is 5.92 Å². The third-order valence-electron chi connectivity index (χ3n) is 4.48. The van der Waals surface area contributed by atoms with Crippen molar-refractivity contribution >= 4 is 5.69 Å². The van der Waals surface area contributed by atoms with E-state index in [0.717, 1.165) is 11.6 Å². The molecule has 2 N–H and O–H groups in total. The van der Waals surface area contributed by atoms with Crippen LogP contribution in [0.1, 0.15) is 51.9 Å². The summed E-state index contributed by atoms with van der Waals surface area (Å²) in [5, 5.41) is 0. The van der Waals surface area contributed by atoms with E-state index < -0.39 is 0 Å². The maximum Gasteiger partial charge on any atom is 0.0487 e. The molecule has 1 saturated carbocycles. The van der Waals surface area contributed by atoms with E-state index in [-0.39, 0.29) is 0 Å². The minimum atomic E-state index is 0.558. The van der Waals surface area contributed by atoms with Gasteiger partial charge >= 0.3 is 0 Å². The monoisotopic (exact) mass is 298 g/mol. The van der Waals surface area contributed by atoms with Crippen LogP contribution >= 0.6 is 0 Å². The van der Waals surface area contributed by atoms with E-state index >= 15 is 0 Å². The molecule has 1 aliphatic carbocycles. The summed E-state index contributed by atoms with van der Waals surface area (Å²) in [5.74, 6) is 0.730. The minimum Gasteiger partial charge on any atom is -0.321 e. The van der Waals surface area contributed by atoms with Gasteiger partial charge in [0, 0.05) is 11.7 Å². The van der Waals surface area contributed by atoms with Crippen LogP contribution in [-0.4, -0.2) is 6.04 Å². The zero-order valence-corrected chi connectivity index (χ0v) is 13.8. The van der Waals surface area contributed by atoms with Crippen LogP contribution in [0.2, 0.25) is 0 Å². The Hall–Kier alpha value is -1.54. The van der Waals surface area contributed by atoms with E-state index in [1.165, 1.54) is 44.9 Å². The molecule has 0 saturated heterocycles. The van der Waals surface area contributed by atoms with Gasteiger partial charge in [0.2, 0.25) is 0 Å². The zero-order chi connectivity index (χ0) is 15.5. The highest BCUT2D eigenvalue weighted by atomic mass is 15.4. The van der Waals surface area contributed by atoms with Gasteiger partial charge < -0.3 is 5.43 Å². The summed E-state index contributed by atoms with van der Waals surface area (Å²) >= 11 is 0. The number of hydrogen-bond acceptors (Lipinski definition) is 2. The van der Waals surface area contributed by atoms with Crippen molar-refractivity contribution in [2.24, 2.45) is 5.92 Å². The van der Waals surface area contributed by atoms with E-state index in [0.29, 0.717) is 6.04 Å². The molecule has 120 valence electrons. The predicted octanol–water partition coefficient (Wildman–Crippen LogP) is 5.48. The summed E-state index contributed by atoms with van der Waals surface area (Å²) in [6.45, 7) is 2.38. The number of hydrazine groups is 1. The molecule has 1 aromatic rings. The second-order valence-electron chi connectivity index (χ2n) is 6.33. The molecule has 1 fully saturated rings. The maximum atomic E-state index is 3.58. The summed E-state index contributed by atoms with van der Waals surface area (Å²) in [6.07, 6.45) is 9.51. The molecule has 0 aromatic heterocycles. The molecule has 1 aliphatic rings. The third kappa shape index (κ3) is 6.48. The van der Waals surface area contributed by atoms with Crippen LogP contribution in [0.4, 0.5) is 5.69 Å². The normalized spacial score (nSPS) is 22.6. The average molecular weight is 298 g/mol. The third-order valence-corrected chi connectivity index (χ3v) is 4.48. The molecule has 2 heteroatoms. The molecule has 2 unspecified atom stereocenters. The number of hydrogen-bond donors (Lipinski definition) is 2. The standard InChI is InChI=1S/C20H30N2/c1-18-14-10-6-5-9-13-17-20(18)22-21-19-15-11-7-3-2-4-8-12-16-19/h2-4,7-8,11-12,15-16,18,20-22H,5-6,9-10,13-14,17H2,1H3. The van der Waals surface area contributed by atoms with Gasteiger partial charge in [-0.25, -0.2) is 5.43 Å². The topological polar surface area (TPSA) is 24.1 Å². The highest BCUT2D eigenvalue weighted by molar-refractivity contribution is 5.39. The van der Waals surface area contributed by atoms with E-state index in [1.807, 2.05) is 30.3 Å². The number of nitrogens with one attached hydrogen (secondary N) is 2. The Bertz CT molecular complexity index is 446. The molecule has 0 amide bonds. The maximum absolute atomic E-state index is 3.58. The fraction of sp³-hybridized carbons (Fsp3) is 0.500. The summed E-state index contributed by atoms with van der Waals surface area (Å²) in [4.78, 5) is 0. The van der Waals surface area contributed by atoms with Gasteiger partial charge in [0.05, 0.1) is 0 Å². The molecule has 0 spiro atoms. The lowest BCUT2D eigenvalue weighted by atomic mass is 9.94. The first-order chi connectivity index (χ1) is 10.9. The Balaban J connectivity index is 1.97. The van der Waals surface area contributed by atoms with Gasteiger partial charge in [-0.3, -0.25) is 0 Å². The van der Waals surface area contributed by atoms with Crippen molar-refractivity contribution in [3.63, 3.8) is 0 Å². The van der Waals surface area contributed by atoms with Crippen molar-refractivity contribution in [3.05, 3.63) is 54.6 Å². The van der Waals surface area contributed by atoms with E-state index in [9.17, 15) is 0 Å². The molecule has 1 aromatic carbocycles. The minimum absolute atomic E-state index is 0.558. The summed E-state index contributed by atoms with van der Waals surface area (Å²) in [5.41, 5.74) is 8.10. The molecule has 22 heavy (non-hydrogen) atoms. The van der Waals surface area contributed by atoms with Crippen LogP contribution in [0.3, 0.4) is 0 Å². The van der Waals surface area contributed by atoms with E-state index in [2.05, 4.69) is 42.0 Å². The Morgan fingerprint density at radius 3 is 1.95 bits per heavy atom. The number of rotatable bonds is 3. The average Bonchev–Trinajstić information content (AvgIpc) is 2.63. The molecule has 0 aliphatic heterocycles. The highest BCUT2D eigenvalue weighted by Gasteiger charge is 2.17. The molecule has 0 bridgehead atoms. The lowest BCUT2D eigenvalue weighted by Gasteiger charge is -2.25. The highest BCUT2D eigenvalue weighted by Crippen LogP contribution is 2.22. The van der Waals surface area contributed by atoms with Crippen LogP contribution in [0.15, 0.2) is 54.6 Å². The van der Waals surface area contributed by atoms with Crippen LogP contribution in [-0.2, 0) is 0 Å². The fourth-order valence-corrected chi connectivity index (χ4v) is 3.02. The fourth-order valence-electron chi connectivity index (χ4n) is 3.02. The summed E-state index contributed by atoms with van der Waals surface area (Å²) in [6, 6.07) is 19.1. The molecular weight excluding hydrogens is 268 g/mol. The van der Waals surface area contributed by atoms with Crippen LogP contribution < -0.4 is 10.9 Å². The molecule has 0 radical (unpaired) electrons. The Labute approximate surface area is 135 Å². The summed E-state index contributed by atoms with van der Waals surface area (Å²) < 4.78 is 0. The predicted molar refractivity (Wildman–Crippen MR) is 96.1 cm³/mol. The largest absolute Gasteiger partial charge is 0.321 e. The quantitative estimate of drug-likeness (QED) is 0.722. The molecule has 0 heterocycles. The number of anilines is 1. The van der Waals surface area contributed by atoms with Crippen LogP contribution in [0.5, 0.6) is 0 Å². The Morgan fingerprint density at radius 1 is 0.727 bits per heavy atom. The molecule has 2 atom stereocenters. The van der Waals surface area contributed by atoms with Crippen molar-refractivity contribution in [1.82, 2.24) is 5.43 Å². The van der Waals surface area contributed by atoms with Crippen molar-refractivity contribution in [3.8, 4) is 0 Å². The van der Waals surface area contributed by atoms with E-state index in [1.54, 1.807) is 0 Å². The smallest absolute Gasteiger partial charge is 0.0487 e. The molecule has 2 nitrogen and oxygen atoms in total. The Kier molecular flexibility index (Phi) is 7.82. The van der Waals surface area contributed by atoms with Crippen molar-refractivity contribution in [2.45, 2.75) is 57.9 Å². The van der Waals surface area contributed by atoms with Gasteiger partial charge in [-0.15, -0.1) is 0 Å². The van der Waals surface area contributed by atoms with Gasteiger partial charge in [-0.2, -0.15) is 0 Å². The van der Waals surface area contributed by atoms with Crippen molar-refractivity contribution in [2.75, 3.05) is 5.43 Å². The Morgan fingerprint density at radius 2 is 1.27 bits per heavy atom. The lowest BCUT2D eigenvalue weighted by molar-refractivity contribution is 0.351. The second kappa shape index (κ2) is 10.2. The van der Waals surface area contributed by atoms with Gasteiger partial charge in [0.25, 0.3) is 0 Å². The van der Waals surface area contributed by atoms with E-state index in [4.69, 9.17) is 0 Å². The van der Waals surface area contributed by atoms with Gasteiger partial charge in [0.1, 0.15) is 0 Å². The van der Waals surface area contributed by atoms with Crippen molar-refractivity contribution < 1.29 is 0 Å². The van der Waals surface area contributed by atoms with Crippen LogP contribution in [0.25, 0.3) is 0 Å². The van der Waals surface area contributed by atoms with Gasteiger partial charge in [0.15, 0.2) is 0 Å². The lowest BCUT2D eigenvalue weighted by Crippen LogP contribution is -2.38. The molecule has 2 rings (SSSR count).